The molecule has 2 heteroatoms. The van der Waals surface area contributed by atoms with Crippen LogP contribution in [-0.2, 0) is 6.42 Å². The number of rotatable bonds is 2. The minimum atomic E-state index is 0.695. The summed E-state index contributed by atoms with van der Waals surface area (Å²) in [4.78, 5) is 4.18. The first kappa shape index (κ1) is 9.16. The molecule has 2 rings (SSSR count). The molecule has 1 heterocycles. The minimum Gasteiger partial charge on any atom is -0.330 e. The highest BCUT2D eigenvalue weighted by Gasteiger charge is 2.02. The lowest BCUT2D eigenvalue weighted by Gasteiger charge is -2.07. The van der Waals surface area contributed by atoms with E-state index in [0.717, 1.165) is 6.42 Å². The maximum Gasteiger partial charge on any atom is 0.0346 e. The molecule has 0 bridgehead atoms. The number of aromatic nitrogens is 1. The largest absolute Gasteiger partial charge is 0.330 e. The van der Waals surface area contributed by atoms with Gasteiger partial charge in [-0.25, -0.2) is 0 Å². The quantitative estimate of drug-likeness (QED) is 0.779. The van der Waals surface area contributed by atoms with Crippen LogP contribution < -0.4 is 5.73 Å². The van der Waals surface area contributed by atoms with Crippen molar-refractivity contribution in [3.05, 3.63) is 41.7 Å². The van der Waals surface area contributed by atoms with E-state index in [1.807, 2.05) is 12.4 Å². The summed E-state index contributed by atoms with van der Waals surface area (Å²) in [5.74, 6) is 0. The lowest BCUT2D eigenvalue weighted by molar-refractivity contribution is 0.976. The molecule has 1 aromatic carbocycles. The van der Waals surface area contributed by atoms with Gasteiger partial charge in [-0.1, -0.05) is 18.2 Å². The fourth-order valence-electron chi connectivity index (χ4n) is 1.87. The van der Waals surface area contributed by atoms with Crippen LogP contribution in [-0.4, -0.2) is 11.5 Å². The lowest BCUT2D eigenvalue weighted by atomic mass is 10.0. The van der Waals surface area contributed by atoms with E-state index in [2.05, 4.69) is 30.1 Å². The summed E-state index contributed by atoms with van der Waals surface area (Å²) in [6, 6.07) is 6.30. The van der Waals surface area contributed by atoms with Crippen LogP contribution in [0.5, 0.6) is 0 Å². The molecule has 0 amide bonds. The molecular formula is C12H14N2. The van der Waals surface area contributed by atoms with E-state index < -0.39 is 0 Å². The molecule has 0 aliphatic rings. The van der Waals surface area contributed by atoms with Crippen molar-refractivity contribution >= 4 is 10.8 Å². The Bertz CT molecular complexity index is 444. The molecule has 0 unspecified atom stereocenters. The van der Waals surface area contributed by atoms with Gasteiger partial charge in [-0.05, 0) is 36.4 Å². The molecule has 0 aliphatic heterocycles. The van der Waals surface area contributed by atoms with Crippen molar-refractivity contribution in [1.82, 2.24) is 4.98 Å². The zero-order chi connectivity index (χ0) is 9.97. The van der Waals surface area contributed by atoms with Gasteiger partial charge < -0.3 is 5.73 Å². The average Bonchev–Trinajstić information content (AvgIpc) is 2.19. The summed E-state index contributed by atoms with van der Waals surface area (Å²) in [6.45, 7) is 2.79. The standard InChI is InChI=1S/C12H14N2/c1-9-7-14-8-11-4-2-3-10(5-6-13)12(9)11/h2-4,7-8H,5-6,13H2,1H3. The fourth-order valence-corrected chi connectivity index (χ4v) is 1.87. The Balaban J connectivity index is 2.71. The van der Waals surface area contributed by atoms with Crippen LogP contribution in [0, 0.1) is 6.92 Å². The number of aryl methyl sites for hydroxylation is 1. The van der Waals surface area contributed by atoms with Gasteiger partial charge in [0.25, 0.3) is 0 Å². The molecule has 0 spiro atoms. The third-order valence-electron chi connectivity index (χ3n) is 2.47. The number of pyridine rings is 1. The maximum absolute atomic E-state index is 5.59. The summed E-state index contributed by atoms with van der Waals surface area (Å²) in [5, 5.41) is 2.52. The van der Waals surface area contributed by atoms with Gasteiger partial charge in [-0.3, -0.25) is 4.98 Å². The first-order valence-corrected chi connectivity index (χ1v) is 4.85. The molecule has 2 N–H and O–H groups in total. The third kappa shape index (κ3) is 1.49. The van der Waals surface area contributed by atoms with E-state index in [1.54, 1.807) is 0 Å². The molecule has 14 heavy (non-hydrogen) atoms. The molecule has 0 fully saturated rings. The molecule has 2 nitrogen and oxygen atoms in total. The highest BCUT2D eigenvalue weighted by Crippen LogP contribution is 2.21. The topological polar surface area (TPSA) is 38.9 Å². The normalized spacial score (nSPS) is 10.7. The van der Waals surface area contributed by atoms with Crippen LogP contribution in [0.1, 0.15) is 11.1 Å². The molecule has 0 saturated heterocycles. The van der Waals surface area contributed by atoms with E-state index in [9.17, 15) is 0 Å². The van der Waals surface area contributed by atoms with E-state index in [1.165, 1.54) is 21.9 Å². The number of benzene rings is 1. The van der Waals surface area contributed by atoms with Gasteiger partial charge in [0, 0.05) is 17.8 Å². The molecule has 0 aliphatic carbocycles. The van der Waals surface area contributed by atoms with Gasteiger partial charge in [0.05, 0.1) is 0 Å². The van der Waals surface area contributed by atoms with Gasteiger partial charge in [0.15, 0.2) is 0 Å². The molecule has 0 atom stereocenters. The minimum absolute atomic E-state index is 0.695. The second-order valence-electron chi connectivity index (χ2n) is 3.51. The fraction of sp³-hybridized carbons (Fsp3) is 0.250. The van der Waals surface area contributed by atoms with Crippen molar-refractivity contribution in [2.45, 2.75) is 13.3 Å². The monoisotopic (exact) mass is 186 g/mol. The third-order valence-corrected chi connectivity index (χ3v) is 2.47. The smallest absolute Gasteiger partial charge is 0.0346 e. The van der Waals surface area contributed by atoms with E-state index >= 15 is 0 Å². The van der Waals surface area contributed by atoms with Gasteiger partial charge >= 0.3 is 0 Å². The van der Waals surface area contributed by atoms with Crippen LogP contribution >= 0.6 is 0 Å². The second-order valence-corrected chi connectivity index (χ2v) is 3.51. The Morgan fingerprint density at radius 1 is 1.29 bits per heavy atom. The molecule has 0 saturated carbocycles. The number of fused-ring (bicyclic) bond motifs is 1. The van der Waals surface area contributed by atoms with Crippen molar-refractivity contribution in [1.29, 1.82) is 0 Å². The predicted molar refractivity (Wildman–Crippen MR) is 59.2 cm³/mol. The first-order valence-electron chi connectivity index (χ1n) is 4.85. The van der Waals surface area contributed by atoms with E-state index in [4.69, 9.17) is 5.73 Å². The van der Waals surface area contributed by atoms with E-state index in [0.29, 0.717) is 6.54 Å². The molecular weight excluding hydrogens is 172 g/mol. The van der Waals surface area contributed by atoms with Gasteiger partial charge in [-0.15, -0.1) is 0 Å². The van der Waals surface area contributed by atoms with Crippen LogP contribution in [0.15, 0.2) is 30.6 Å². The molecule has 0 radical (unpaired) electrons. The Morgan fingerprint density at radius 2 is 2.14 bits per heavy atom. The lowest BCUT2D eigenvalue weighted by Crippen LogP contribution is -2.03. The van der Waals surface area contributed by atoms with Crippen LogP contribution in [0.25, 0.3) is 10.8 Å². The van der Waals surface area contributed by atoms with Crippen LogP contribution in [0.2, 0.25) is 0 Å². The summed E-state index contributed by atoms with van der Waals surface area (Å²) >= 11 is 0. The Morgan fingerprint density at radius 3 is 2.93 bits per heavy atom. The Kier molecular flexibility index (Phi) is 2.46. The number of hydrogen-bond acceptors (Lipinski definition) is 2. The van der Waals surface area contributed by atoms with E-state index in [-0.39, 0.29) is 0 Å². The van der Waals surface area contributed by atoms with Gasteiger partial charge in [-0.2, -0.15) is 0 Å². The highest BCUT2D eigenvalue weighted by atomic mass is 14.6. The predicted octanol–water partition coefficient (Wildman–Crippen LogP) is 2.04. The average molecular weight is 186 g/mol. The molecule has 2 aromatic rings. The molecule has 1 aromatic heterocycles. The van der Waals surface area contributed by atoms with Crippen molar-refractivity contribution in [3.63, 3.8) is 0 Å². The summed E-state index contributed by atoms with van der Waals surface area (Å²) < 4.78 is 0. The van der Waals surface area contributed by atoms with Crippen LogP contribution in [0.3, 0.4) is 0 Å². The summed E-state index contributed by atoms with van der Waals surface area (Å²) in [5.41, 5.74) is 8.14. The zero-order valence-electron chi connectivity index (χ0n) is 8.33. The highest BCUT2D eigenvalue weighted by molar-refractivity contribution is 5.87. The number of nitrogens with two attached hydrogens (primary N) is 1. The van der Waals surface area contributed by atoms with Gasteiger partial charge in [0.2, 0.25) is 0 Å². The summed E-state index contributed by atoms with van der Waals surface area (Å²) in [6.07, 6.45) is 4.74. The summed E-state index contributed by atoms with van der Waals surface area (Å²) in [7, 11) is 0. The maximum atomic E-state index is 5.59. The van der Waals surface area contributed by atoms with Crippen LogP contribution in [0.4, 0.5) is 0 Å². The Hall–Kier alpha value is -1.41. The van der Waals surface area contributed by atoms with Crippen molar-refractivity contribution in [2.24, 2.45) is 5.73 Å². The molecule has 72 valence electrons. The SMILES string of the molecule is Cc1cncc2cccc(CCN)c12. The van der Waals surface area contributed by atoms with Crippen molar-refractivity contribution in [3.8, 4) is 0 Å². The van der Waals surface area contributed by atoms with Gasteiger partial charge in [0.1, 0.15) is 0 Å². The van der Waals surface area contributed by atoms with Crippen molar-refractivity contribution in [2.75, 3.05) is 6.54 Å². The van der Waals surface area contributed by atoms with Crippen molar-refractivity contribution < 1.29 is 0 Å². The zero-order valence-corrected chi connectivity index (χ0v) is 8.33. The number of nitrogens with zero attached hydrogens (tertiary/aromatic N) is 1. The Labute approximate surface area is 83.8 Å². The number of hydrogen-bond donors (Lipinski definition) is 1. The second kappa shape index (κ2) is 3.76. The first-order chi connectivity index (χ1) is 6.83.